The summed E-state index contributed by atoms with van der Waals surface area (Å²) in [5.41, 5.74) is 2.62. The van der Waals surface area contributed by atoms with E-state index in [-0.39, 0.29) is 0 Å². The molecule has 0 fully saturated rings. The van der Waals surface area contributed by atoms with Crippen LogP contribution < -0.4 is 0 Å². The molecule has 2 aromatic rings. The lowest BCUT2D eigenvalue weighted by molar-refractivity contribution is 0.834. The van der Waals surface area contributed by atoms with Crippen molar-refractivity contribution in [1.29, 1.82) is 0 Å². The standard InChI is InChI=1S/C14H17N/c1-4-11-6-5-7-13-12(11)8-9-15-14(13)10(2)3/h5-10H,4H2,1-3H3. The van der Waals surface area contributed by atoms with Gasteiger partial charge in [0, 0.05) is 11.6 Å². The van der Waals surface area contributed by atoms with Crippen LogP contribution in [-0.4, -0.2) is 4.98 Å². The summed E-state index contributed by atoms with van der Waals surface area (Å²) in [4.78, 5) is 4.48. The van der Waals surface area contributed by atoms with E-state index in [1.54, 1.807) is 0 Å². The quantitative estimate of drug-likeness (QED) is 0.714. The zero-order chi connectivity index (χ0) is 10.8. The number of benzene rings is 1. The van der Waals surface area contributed by atoms with Crippen molar-refractivity contribution in [2.45, 2.75) is 33.1 Å². The summed E-state index contributed by atoms with van der Waals surface area (Å²) in [6.07, 6.45) is 3.01. The largest absolute Gasteiger partial charge is 0.260 e. The first-order chi connectivity index (χ1) is 7.24. The predicted molar refractivity (Wildman–Crippen MR) is 65.2 cm³/mol. The highest BCUT2D eigenvalue weighted by atomic mass is 14.7. The van der Waals surface area contributed by atoms with Gasteiger partial charge in [0.2, 0.25) is 0 Å². The Morgan fingerprint density at radius 1 is 1.13 bits per heavy atom. The molecule has 0 unspecified atom stereocenters. The van der Waals surface area contributed by atoms with Gasteiger partial charge in [0.15, 0.2) is 0 Å². The number of hydrogen-bond acceptors (Lipinski definition) is 1. The molecule has 0 N–H and O–H groups in total. The van der Waals surface area contributed by atoms with E-state index in [2.05, 4.69) is 50.0 Å². The minimum absolute atomic E-state index is 0.487. The molecule has 0 amide bonds. The Hall–Kier alpha value is -1.37. The third-order valence-corrected chi connectivity index (χ3v) is 2.85. The molecular weight excluding hydrogens is 182 g/mol. The third kappa shape index (κ3) is 1.74. The molecule has 1 heterocycles. The van der Waals surface area contributed by atoms with Gasteiger partial charge >= 0.3 is 0 Å². The van der Waals surface area contributed by atoms with E-state index in [0.717, 1.165) is 6.42 Å². The number of pyridine rings is 1. The highest BCUT2D eigenvalue weighted by Gasteiger charge is 2.07. The molecule has 0 spiro atoms. The molecule has 1 nitrogen and oxygen atoms in total. The molecule has 1 aromatic carbocycles. The van der Waals surface area contributed by atoms with E-state index in [1.807, 2.05) is 6.20 Å². The lowest BCUT2D eigenvalue weighted by Gasteiger charge is -2.10. The van der Waals surface area contributed by atoms with Crippen molar-refractivity contribution in [1.82, 2.24) is 4.98 Å². The van der Waals surface area contributed by atoms with Gasteiger partial charge in [-0.25, -0.2) is 0 Å². The lowest BCUT2D eigenvalue weighted by Crippen LogP contribution is -1.95. The van der Waals surface area contributed by atoms with Gasteiger partial charge in [-0.3, -0.25) is 4.98 Å². The van der Waals surface area contributed by atoms with E-state index >= 15 is 0 Å². The van der Waals surface area contributed by atoms with Crippen LogP contribution in [0.2, 0.25) is 0 Å². The first-order valence-corrected chi connectivity index (χ1v) is 5.60. The number of aromatic nitrogens is 1. The molecule has 78 valence electrons. The summed E-state index contributed by atoms with van der Waals surface area (Å²) in [6.45, 7) is 6.59. The second-order valence-corrected chi connectivity index (χ2v) is 4.22. The molecule has 1 heteroatoms. The molecule has 0 aliphatic carbocycles. The number of fused-ring (bicyclic) bond motifs is 1. The second kappa shape index (κ2) is 4.01. The SMILES string of the molecule is CCc1cccc2c(C(C)C)nccc12. The van der Waals surface area contributed by atoms with Crippen LogP contribution in [-0.2, 0) is 6.42 Å². The molecule has 0 saturated heterocycles. The predicted octanol–water partition coefficient (Wildman–Crippen LogP) is 3.92. The van der Waals surface area contributed by atoms with Gasteiger partial charge in [-0.2, -0.15) is 0 Å². The van der Waals surface area contributed by atoms with E-state index in [0.29, 0.717) is 5.92 Å². The summed E-state index contributed by atoms with van der Waals surface area (Å²) in [7, 11) is 0. The van der Waals surface area contributed by atoms with Crippen molar-refractivity contribution in [3.63, 3.8) is 0 Å². The summed E-state index contributed by atoms with van der Waals surface area (Å²) < 4.78 is 0. The van der Waals surface area contributed by atoms with Gasteiger partial charge in [0.25, 0.3) is 0 Å². The van der Waals surface area contributed by atoms with Crippen LogP contribution in [0.25, 0.3) is 10.8 Å². The van der Waals surface area contributed by atoms with Crippen molar-refractivity contribution in [2.24, 2.45) is 0 Å². The van der Waals surface area contributed by atoms with Crippen LogP contribution in [0.15, 0.2) is 30.5 Å². The summed E-state index contributed by atoms with van der Waals surface area (Å²) in [6, 6.07) is 8.64. The third-order valence-electron chi connectivity index (χ3n) is 2.85. The Balaban J connectivity index is 2.76. The van der Waals surface area contributed by atoms with Gasteiger partial charge in [0.05, 0.1) is 5.69 Å². The fourth-order valence-corrected chi connectivity index (χ4v) is 2.06. The summed E-state index contributed by atoms with van der Waals surface area (Å²) in [5, 5.41) is 2.67. The topological polar surface area (TPSA) is 12.9 Å². The van der Waals surface area contributed by atoms with Crippen LogP contribution in [0.5, 0.6) is 0 Å². The Morgan fingerprint density at radius 3 is 2.60 bits per heavy atom. The highest BCUT2D eigenvalue weighted by Crippen LogP contribution is 2.25. The van der Waals surface area contributed by atoms with Crippen LogP contribution in [0, 0.1) is 0 Å². The lowest BCUT2D eigenvalue weighted by atomic mass is 9.98. The zero-order valence-electron chi connectivity index (χ0n) is 9.62. The first kappa shape index (κ1) is 10.2. The van der Waals surface area contributed by atoms with Crippen LogP contribution in [0.4, 0.5) is 0 Å². The molecule has 2 rings (SSSR count). The smallest absolute Gasteiger partial charge is 0.0507 e. The molecule has 0 aliphatic rings. The van der Waals surface area contributed by atoms with Gasteiger partial charge in [-0.15, -0.1) is 0 Å². The summed E-state index contributed by atoms with van der Waals surface area (Å²) in [5.74, 6) is 0.487. The molecule has 0 atom stereocenters. The molecule has 15 heavy (non-hydrogen) atoms. The van der Waals surface area contributed by atoms with Gasteiger partial charge in [-0.05, 0) is 29.4 Å². The van der Waals surface area contributed by atoms with E-state index in [9.17, 15) is 0 Å². The maximum atomic E-state index is 4.48. The Kier molecular flexibility index (Phi) is 2.72. The maximum absolute atomic E-state index is 4.48. The first-order valence-electron chi connectivity index (χ1n) is 5.60. The van der Waals surface area contributed by atoms with Gasteiger partial charge in [0.1, 0.15) is 0 Å². The number of nitrogens with zero attached hydrogens (tertiary/aromatic N) is 1. The highest BCUT2D eigenvalue weighted by molar-refractivity contribution is 5.87. The van der Waals surface area contributed by atoms with Crippen molar-refractivity contribution >= 4 is 10.8 Å². The van der Waals surface area contributed by atoms with Crippen molar-refractivity contribution < 1.29 is 0 Å². The molecule has 0 bridgehead atoms. The zero-order valence-corrected chi connectivity index (χ0v) is 9.62. The van der Waals surface area contributed by atoms with Crippen molar-refractivity contribution in [3.8, 4) is 0 Å². The average Bonchev–Trinajstić information content (AvgIpc) is 2.27. The van der Waals surface area contributed by atoms with Crippen LogP contribution >= 0.6 is 0 Å². The molecule has 0 aliphatic heterocycles. The molecular formula is C14H17N. The van der Waals surface area contributed by atoms with E-state index in [4.69, 9.17) is 0 Å². The molecule has 0 saturated carbocycles. The summed E-state index contributed by atoms with van der Waals surface area (Å²) >= 11 is 0. The van der Waals surface area contributed by atoms with Gasteiger partial charge in [-0.1, -0.05) is 39.0 Å². The fourth-order valence-electron chi connectivity index (χ4n) is 2.06. The number of hydrogen-bond donors (Lipinski definition) is 0. The average molecular weight is 199 g/mol. The van der Waals surface area contributed by atoms with Gasteiger partial charge < -0.3 is 0 Å². The maximum Gasteiger partial charge on any atom is 0.0507 e. The monoisotopic (exact) mass is 199 g/mol. The minimum atomic E-state index is 0.487. The number of rotatable bonds is 2. The molecule has 0 radical (unpaired) electrons. The minimum Gasteiger partial charge on any atom is -0.260 e. The second-order valence-electron chi connectivity index (χ2n) is 4.22. The van der Waals surface area contributed by atoms with E-state index < -0.39 is 0 Å². The fraction of sp³-hybridized carbons (Fsp3) is 0.357. The van der Waals surface area contributed by atoms with E-state index in [1.165, 1.54) is 22.0 Å². The van der Waals surface area contributed by atoms with Crippen LogP contribution in [0.1, 0.15) is 37.9 Å². The van der Waals surface area contributed by atoms with Crippen molar-refractivity contribution in [3.05, 3.63) is 41.7 Å². The molecule has 1 aromatic heterocycles. The normalized spacial score (nSPS) is 11.2. The Morgan fingerprint density at radius 2 is 1.93 bits per heavy atom. The van der Waals surface area contributed by atoms with Crippen molar-refractivity contribution in [2.75, 3.05) is 0 Å². The van der Waals surface area contributed by atoms with Crippen LogP contribution in [0.3, 0.4) is 0 Å². The Labute approximate surface area is 91.2 Å². The Bertz CT molecular complexity index is 472. The number of aryl methyl sites for hydroxylation is 1.